The first-order chi connectivity index (χ1) is 32.2. The number of aliphatic hydroxyl groups excluding tert-OH is 2. The van der Waals surface area contributed by atoms with Crippen LogP contribution in [-0.2, 0) is 41.8 Å². The minimum atomic E-state index is -0.461. The van der Waals surface area contributed by atoms with Crippen LogP contribution in [0.1, 0.15) is 123 Å². The van der Waals surface area contributed by atoms with Crippen LogP contribution in [0.4, 0.5) is 5.82 Å². The largest absolute Gasteiger partial charge is 0.395 e. The second kappa shape index (κ2) is 20.9. The molecular weight excluding hydrogens is 845 g/mol. The molecule has 2 aliphatic heterocycles. The molecule has 10 bridgehead atoms. The van der Waals surface area contributed by atoms with Crippen LogP contribution in [0.3, 0.4) is 0 Å². The van der Waals surface area contributed by atoms with Crippen LogP contribution in [0.5, 0.6) is 0 Å². The van der Waals surface area contributed by atoms with E-state index < -0.39 is 5.69 Å². The summed E-state index contributed by atoms with van der Waals surface area (Å²) in [6.07, 6.45) is 6.03. The smallest absolute Gasteiger partial charge is 0.349 e. The van der Waals surface area contributed by atoms with E-state index in [0.29, 0.717) is 12.8 Å². The fraction of sp³-hybridized carbons (Fsp3) is 0.423. The molecule has 0 aliphatic carbocycles. The number of aromatic amines is 3. The molecule has 0 aromatic carbocycles. The maximum atomic E-state index is 13.5. The lowest BCUT2D eigenvalue weighted by atomic mass is 9.99. The molecule has 0 saturated heterocycles. The van der Waals surface area contributed by atoms with Gasteiger partial charge >= 0.3 is 5.69 Å². The lowest BCUT2D eigenvalue weighted by Crippen LogP contribution is -2.35. The number of nitrogens with two attached hydrogens (primary N) is 1. The standard InChI is InChI=1S/C52H66N10O5/c1-9-33-31(7)50-51-32(8)34(10-2)42(59-51)26-40-30(6)38(14-16-49(66)61(21-23-63)22-24-64)46(56-40)28-44-36(12-4)35(11-3)43(57-44)27-45-37(29(5)39(55-45)25-41(33)58-50)13-15-48(65)54-18-20-62-19-17-47(53)60-52(62)67/h17,19,25-28,55,57-58,63-64H,9-16,18,20-24H2,1-8H3,(H,54,65)(H2,53,60,67). The van der Waals surface area contributed by atoms with Crippen molar-refractivity contribution in [2.45, 2.75) is 113 Å². The summed E-state index contributed by atoms with van der Waals surface area (Å²) in [6, 6.07) is 10.1. The maximum Gasteiger partial charge on any atom is 0.349 e. The van der Waals surface area contributed by atoms with Crippen molar-refractivity contribution in [3.05, 3.63) is 103 Å². The van der Waals surface area contributed by atoms with Crippen LogP contribution < -0.4 is 16.7 Å². The van der Waals surface area contributed by atoms with E-state index in [-0.39, 0.29) is 69.9 Å². The summed E-state index contributed by atoms with van der Waals surface area (Å²) < 4.78 is 1.42. The summed E-state index contributed by atoms with van der Waals surface area (Å²) in [5, 5.41) is 22.3. The predicted molar refractivity (Wildman–Crippen MR) is 269 cm³/mol. The number of aliphatic hydroxyl groups is 2. The fourth-order valence-electron chi connectivity index (χ4n) is 9.84. The SMILES string of the molecule is CCC1=C(C)c2nc1cc1nc(cc3[nH]c(cc4[nH]c(cc5[nH]c2c(C)c5CC)c(C)c4CCC(=O)NCCn2ccc(N)nc2=O)c(CC)c3CC)C(CCC(=O)N(CCO)CCO)=C1C. The molecule has 5 aromatic heterocycles. The molecule has 7 heterocycles. The number of H-pyrrole nitrogens is 3. The lowest BCUT2D eigenvalue weighted by molar-refractivity contribution is -0.132. The van der Waals surface area contributed by atoms with Crippen molar-refractivity contribution in [1.29, 1.82) is 0 Å². The van der Waals surface area contributed by atoms with E-state index in [1.165, 1.54) is 26.2 Å². The van der Waals surface area contributed by atoms with Crippen LogP contribution in [-0.4, -0.2) is 94.2 Å². The van der Waals surface area contributed by atoms with Crippen molar-refractivity contribution < 1.29 is 19.8 Å². The number of carbonyl (C=O) groups is 2. The molecular formula is C52H66N10O5. The zero-order valence-corrected chi connectivity index (χ0v) is 40.3. The molecule has 2 aliphatic rings. The third kappa shape index (κ3) is 9.94. The van der Waals surface area contributed by atoms with Gasteiger partial charge in [-0.05, 0) is 152 Å². The molecule has 2 amide bonds. The molecule has 5 aromatic rings. The Bertz CT molecular complexity index is 3050. The monoisotopic (exact) mass is 911 g/mol. The first kappa shape index (κ1) is 48.4. The normalized spacial score (nSPS) is 12.7. The van der Waals surface area contributed by atoms with Gasteiger partial charge in [-0.2, -0.15) is 4.98 Å². The van der Waals surface area contributed by atoms with Gasteiger partial charge in [0.2, 0.25) is 11.8 Å². The average Bonchev–Trinajstić information content (AvgIpc) is 4.06. The Labute approximate surface area is 391 Å². The van der Waals surface area contributed by atoms with Crippen molar-refractivity contribution in [3.63, 3.8) is 0 Å². The van der Waals surface area contributed by atoms with Gasteiger partial charge in [0.25, 0.3) is 0 Å². The average molecular weight is 911 g/mol. The van der Waals surface area contributed by atoms with E-state index in [0.717, 1.165) is 121 Å². The van der Waals surface area contributed by atoms with Gasteiger partial charge in [-0.1, -0.05) is 27.7 Å². The van der Waals surface area contributed by atoms with Gasteiger partial charge < -0.3 is 41.1 Å². The van der Waals surface area contributed by atoms with E-state index >= 15 is 0 Å². The summed E-state index contributed by atoms with van der Waals surface area (Å²) in [5.41, 5.74) is 25.2. The molecule has 8 N–H and O–H groups in total. The minimum absolute atomic E-state index is 0.128. The highest BCUT2D eigenvalue weighted by Crippen LogP contribution is 2.39. The number of nitrogens with zero attached hydrogens (tertiary/aromatic N) is 5. The van der Waals surface area contributed by atoms with E-state index in [4.69, 9.17) is 15.7 Å². The Kier molecular flexibility index (Phi) is 15.1. The summed E-state index contributed by atoms with van der Waals surface area (Å²) in [7, 11) is 0. The molecule has 0 fully saturated rings. The number of aromatic nitrogens is 7. The molecule has 15 heteroatoms. The van der Waals surface area contributed by atoms with Crippen LogP contribution in [0.15, 0.2) is 41.3 Å². The van der Waals surface area contributed by atoms with Crippen LogP contribution in [0.2, 0.25) is 0 Å². The van der Waals surface area contributed by atoms with E-state index in [2.05, 4.69) is 105 Å². The Morgan fingerprint density at radius 2 is 1.31 bits per heavy atom. The number of nitrogen functional groups attached to an aromatic ring is 1. The number of aryl methyl sites for hydroxylation is 6. The van der Waals surface area contributed by atoms with Crippen LogP contribution in [0, 0.1) is 13.8 Å². The van der Waals surface area contributed by atoms with Gasteiger partial charge in [0, 0.05) is 72.8 Å². The number of carbonyl (C=O) groups excluding carboxylic acids is 2. The fourth-order valence-corrected chi connectivity index (χ4v) is 9.84. The highest BCUT2D eigenvalue weighted by molar-refractivity contribution is 5.99. The third-order valence-electron chi connectivity index (χ3n) is 13.5. The summed E-state index contributed by atoms with van der Waals surface area (Å²) in [4.78, 5) is 66.4. The minimum Gasteiger partial charge on any atom is -0.395 e. The van der Waals surface area contributed by atoms with E-state index in [1.54, 1.807) is 12.3 Å². The highest BCUT2D eigenvalue weighted by Gasteiger charge is 2.24. The second-order valence-corrected chi connectivity index (χ2v) is 17.4. The number of fused-ring (bicyclic) bond motifs is 11. The van der Waals surface area contributed by atoms with Crippen LogP contribution >= 0.6 is 0 Å². The van der Waals surface area contributed by atoms with Gasteiger partial charge in [-0.15, -0.1) is 0 Å². The molecule has 0 saturated carbocycles. The highest BCUT2D eigenvalue weighted by atomic mass is 16.3. The second-order valence-electron chi connectivity index (χ2n) is 17.4. The van der Waals surface area contributed by atoms with E-state index in [1.807, 2.05) is 0 Å². The quantitative estimate of drug-likeness (QED) is 0.0493. The molecule has 0 atom stereocenters. The number of nitrogens with one attached hydrogen (secondary N) is 4. The van der Waals surface area contributed by atoms with E-state index in [9.17, 15) is 24.6 Å². The van der Waals surface area contributed by atoms with Crippen molar-refractivity contribution >= 4 is 73.0 Å². The number of hydrogen-bond donors (Lipinski definition) is 7. The van der Waals surface area contributed by atoms with Crippen molar-refractivity contribution in [3.8, 4) is 0 Å². The number of allylic oxidation sites excluding steroid dienone is 4. The Hall–Kier alpha value is -6.58. The third-order valence-corrected chi connectivity index (χ3v) is 13.5. The summed E-state index contributed by atoms with van der Waals surface area (Å²) >= 11 is 0. The first-order valence-corrected chi connectivity index (χ1v) is 23.7. The van der Waals surface area contributed by atoms with Gasteiger partial charge in [0.15, 0.2) is 0 Å². The van der Waals surface area contributed by atoms with Gasteiger partial charge in [-0.25, -0.2) is 14.8 Å². The molecule has 15 nitrogen and oxygen atoms in total. The Balaban J connectivity index is 1.44. The summed E-state index contributed by atoms with van der Waals surface area (Å²) in [6.45, 7) is 17.6. The van der Waals surface area contributed by atoms with Gasteiger partial charge in [0.05, 0.1) is 41.5 Å². The van der Waals surface area contributed by atoms with Crippen molar-refractivity contribution in [2.24, 2.45) is 0 Å². The number of amides is 2. The number of rotatable bonds is 17. The molecule has 0 radical (unpaired) electrons. The predicted octanol–water partition coefficient (Wildman–Crippen LogP) is 7.42. The topological polar surface area (TPSA) is 224 Å². The molecule has 0 spiro atoms. The molecule has 0 unspecified atom stereocenters. The molecule has 7 rings (SSSR count). The van der Waals surface area contributed by atoms with Crippen molar-refractivity contribution in [2.75, 3.05) is 38.6 Å². The maximum absolute atomic E-state index is 13.5. The lowest BCUT2D eigenvalue weighted by Gasteiger charge is -2.20. The van der Waals surface area contributed by atoms with Gasteiger partial charge in [-0.3, -0.25) is 14.2 Å². The van der Waals surface area contributed by atoms with Crippen molar-refractivity contribution in [1.82, 2.24) is 44.7 Å². The summed E-state index contributed by atoms with van der Waals surface area (Å²) in [5.74, 6) is -0.114. The first-order valence-electron chi connectivity index (χ1n) is 23.7. The zero-order chi connectivity index (χ0) is 48.1. The molecule has 354 valence electrons. The zero-order valence-electron chi connectivity index (χ0n) is 40.3. The Morgan fingerprint density at radius 1 is 0.687 bits per heavy atom. The molecule has 67 heavy (non-hydrogen) atoms. The number of anilines is 1. The van der Waals surface area contributed by atoms with Crippen LogP contribution in [0.25, 0.3) is 55.4 Å². The van der Waals surface area contributed by atoms with Gasteiger partial charge in [0.1, 0.15) is 5.82 Å². The number of hydrogen-bond acceptors (Lipinski definition) is 9. The Morgan fingerprint density at radius 3 is 1.97 bits per heavy atom.